The predicted octanol–water partition coefficient (Wildman–Crippen LogP) is 2.04. The van der Waals surface area contributed by atoms with E-state index in [4.69, 9.17) is 16.3 Å². The summed E-state index contributed by atoms with van der Waals surface area (Å²) in [5.41, 5.74) is 4.24. The zero-order chi connectivity index (χ0) is 14.5. The van der Waals surface area contributed by atoms with Gasteiger partial charge in [-0.05, 0) is 31.0 Å². The van der Waals surface area contributed by atoms with Crippen LogP contribution in [0.4, 0.5) is 5.69 Å². The van der Waals surface area contributed by atoms with Gasteiger partial charge in [0.2, 0.25) is 0 Å². The van der Waals surface area contributed by atoms with Crippen molar-refractivity contribution in [2.75, 3.05) is 25.6 Å². The van der Waals surface area contributed by atoms with E-state index < -0.39 is 0 Å². The smallest absolute Gasteiger partial charge is 0.269 e. The Morgan fingerprint density at radius 2 is 2.35 bits per heavy atom. The lowest BCUT2D eigenvalue weighted by atomic mass is 10.2. The molecule has 20 heavy (non-hydrogen) atoms. The number of carbonyl (C=O) groups excluding carboxylic acids is 1. The maximum absolute atomic E-state index is 11.7. The van der Waals surface area contributed by atoms with Crippen LogP contribution < -0.4 is 10.3 Å². The number of hydrogen-bond acceptors (Lipinski definition) is 4. The second-order valence-corrected chi connectivity index (χ2v) is 5.24. The van der Waals surface area contributed by atoms with Crippen LogP contribution in [-0.4, -0.2) is 38.9 Å². The molecule has 1 atom stereocenters. The van der Waals surface area contributed by atoms with E-state index in [0.717, 1.165) is 24.1 Å². The van der Waals surface area contributed by atoms with Gasteiger partial charge in [-0.15, -0.1) is 0 Å². The topological polar surface area (TPSA) is 53.9 Å². The van der Waals surface area contributed by atoms with Crippen LogP contribution in [0.1, 0.15) is 18.4 Å². The molecule has 0 spiro atoms. The molecule has 1 amide bonds. The van der Waals surface area contributed by atoms with Crippen molar-refractivity contribution in [1.82, 2.24) is 5.43 Å². The molecule has 0 aliphatic carbocycles. The van der Waals surface area contributed by atoms with Crippen molar-refractivity contribution in [3.05, 3.63) is 28.8 Å². The Hall–Kier alpha value is -1.59. The van der Waals surface area contributed by atoms with Crippen molar-refractivity contribution in [3.8, 4) is 0 Å². The lowest BCUT2D eigenvalue weighted by Gasteiger charge is -2.13. The minimum Gasteiger partial charge on any atom is -0.378 e. The van der Waals surface area contributed by atoms with E-state index in [1.807, 2.05) is 37.2 Å². The number of benzene rings is 1. The average molecular weight is 296 g/mol. The molecule has 1 aromatic carbocycles. The van der Waals surface area contributed by atoms with E-state index in [0.29, 0.717) is 11.6 Å². The summed E-state index contributed by atoms with van der Waals surface area (Å²) < 4.78 is 5.27. The van der Waals surface area contributed by atoms with Crippen LogP contribution in [0.15, 0.2) is 23.3 Å². The molecule has 1 N–H and O–H groups in total. The van der Waals surface area contributed by atoms with Crippen LogP contribution in [0.2, 0.25) is 5.02 Å². The highest BCUT2D eigenvalue weighted by atomic mass is 35.5. The van der Waals surface area contributed by atoms with E-state index in [-0.39, 0.29) is 12.0 Å². The molecule has 0 radical (unpaired) electrons. The fraction of sp³-hybridized carbons (Fsp3) is 0.429. The number of nitrogens with zero attached hydrogens (tertiary/aromatic N) is 2. The number of ether oxygens (including phenoxy) is 1. The van der Waals surface area contributed by atoms with Gasteiger partial charge in [-0.2, -0.15) is 5.10 Å². The summed E-state index contributed by atoms with van der Waals surface area (Å²) in [4.78, 5) is 13.6. The van der Waals surface area contributed by atoms with E-state index in [1.165, 1.54) is 6.21 Å². The first kappa shape index (κ1) is 14.8. The number of rotatable bonds is 4. The molecule has 0 bridgehead atoms. The summed E-state index contributed by atoms with van der Waals surface area (Å²) >= 11 is 6.16. The number of carbonyl (C=O) groups is 1. The van der Waals surface area contributed by atoms with E-state index in [1.54, 1.807) is 0 Å². The Labute approximate surface area is 123 Å². The van der Waals surface area contributed by atoms with Crippen molar-refractivity contribution in [2.45, 2.75) is 18.9 Å². The van der Waals surface area contributed by atoms with Crippen LogP contribution in [0, 0.1) is 0 Å². The number of halogens is 1. The fourth-order valence-corrected chi connectivity index (χ4v) is 2.14. The minimum atomic E-state index is -0.376. The molecular formula is C14H18ClN3O2. The SMILES string of the molecule is CN(C)c1ccc(/C=N\NC(=O)[C@@H]2CCCO2)c(Cl)c1. The highest BCUT2D eigenvalue weighted by Gasteiger charge is 2.22. The third-order valence-corrected chi connectivity index (χ3v) is 3.43. The lowest BCUT2D eigenvalue weighted by molar-refractivity contribution is -0.130. The van der Waals surface area contributed by atoms with Crippen molar-refractivity contribution < 1.29 is 9.53 Å². The number of nitrogens with one attached hydrogen (secondary N) is 1. The van der Waals surface area contributed by atoms with Crippen LogP contribution in [0.5, 0.6) is 0 Å². The van der Waals surface area contributed by atoms with Crippen molar-refractivity contribution >= 4 is 29.4 Å². The zero-order valence-electron chi connectivity index (χ0n) is 11.6. The summed E-state index contributed by atoms with van der Waals surface area (Å²) in [6.45, 7) is 0.639. The first-order chi connectivity index (χ1) is 9.58. The maximum atomic E-state index is 11.7. The third kappa shape index (κ3) is 3.71. The van der Waals surface area contributed by atoms with Gasteiger partial charge in [0.1, 0.15) is 6.10 Å². The van der Waals surface area contributed by atoms with Gasteiger partial charge in [0, 0.05) is 32.0 Å². The molecule has 1 aliphatic heterocycles. The molecule has 1 aromatic rings. The summed E-state index contributed by atoms with van der Waals surface area (Å²) in [6.07, 6.45) is 2.83. The second kappa shape index (κ2) is 6.72. The third-order valence-electron chi connectivity index (χ3n) is 3.10. The molecule has 2 rings (SSSR count). The van der Waals surface area contributed by atoms with Gasteiger partial charge in [-0.3, -0.25) is 4.79 Å². The number of hydrogen-bond donors (Lipinski definition) is 1. The summed E-state index contributed by atoms with van der Waals surface area (Å²) in [7, 11) is 3.89. The molecule has 6 heteroatoms. The van der Waals surface area contributed by atoms with E-state index in [2.05, 4.69) is 10.5 Å². The molecule has 0 aromatic heterocycles. The molecular weight excluding hydrogens is 278 g/mol. The van der Waals surface area contributed by atoms with Crippen LogP contribution >= 0.6 is 11.6 Å². The largest absolute Gasteiger partial charge is 0.378 e. The molecule has 0 saturated carbocycles. The Bertz CT molecular complexity index is 511. The van der Waals surface area contributed by atoms with Gasteiger partial charge in [0.05, 0.1) is 11.2 Å². The summed E-state index contributed by atoms with van der Waals surface area (Å²) in [6, 6.07) is 5.65. The van der Waals surface area contributed by atoms with Crippen LogP contribution in [-0.2, 0) is 9.53 Å². The molecule has 1 fully saturated rings. The minimum absolute atomic E-state index is 0.209. The quantitative estimate of drug-likeness (QED) is 0.683. The molecule has 1 saturated heterocycles. The number of hydrazone groups is 1. The summed E-state index contributed by atoms with van der Waals surface area (Å²) in [5.74, 6) is -0.209. The van der Waals surface area contributed by atoms with E-state index in [9.17, 15) is 4.79 Å². The lowest BCUT2D eigenvalue weighted by Crippen LogP contribution is -2.30. The van der Waals surface area contributed by atoms with Crippen molar-refractivity contribution in [1.29, 1.82) is 0 Å². The Morgan fingerprint density at radius 3 is 2.95 bits per heavy atom. The van der Waals surface area contributed by atoms with Gasteiger partial charge in [-0.25, -0.2) is 5.43 Å². The highest BCUT2D eigenvalue weighted by molar-refractivity contribution is 6.33. The maximum Gasteiger partial charge on any atom is 0.269 e. The Morgan fingerprint density at radius 1 is 1.55 bits per heavy atom. The monoisotopic (exact) mass is 295 g/mol. The summed E-state index contributed by atoms with van der Waals surface area (Å²) in [5, 5.41) is 4.51. The van der Waals surface area contributed by atoms with Gasteiger partial charge in [-0.1, -0.05) is 11.6 Å². The van der Waals surface area contributed by atoms with Crippen molar-refractivity contribution in [3.63, 3.8) is 0 Å². The second-order valence-electron chi connectivity index (χ2n) is 4.84. The number of amides is 1. The fourth-order valence-electron chi connectivity index (χ4n) is 1.92. The van der Waals surface area contributed by atoms with Crippen LogP contribution in [0.3, 0.4) is 0 Å². The molecule has 1 heterocycles. The number of anilines is 1. The van der Waals surface area contributed by atoms with Gasteiger partial charge in [0.25, 0.3) is 5.91 Å². The Balaban J connectivity index is 1.95. The average Bonchev–Trinajstić information content (AvgIpc) is 2.94. The molecule has 1 aliphatic rings. The van der Waals surface area contributed by atoms with Crippen LogP contribution in [0.25, 0.3) is 0 Å². The van der Waals surface area contributed by atoms with Gasteiger partial charge >= 0.3 is 0 Å². The normalized spacial score (nSPS) is 18.4. The molecule has 5 nitrogen and oxygen atoms in total. The Kier molecular flexibility index (Phi) is 4.98. The molecule has 0 unspecified atom stereocenters. The zero-order valence-corrected chi connectivity index (χ0v) is 12.4. The van der Waals surface area contributed by atoms with Crippen molar-refractivity contribution in [2.24, 2.45) is 5.10 Å². The standard InChI is InChI=1S/C14H18ClN3O2/c1-18(2)11-6-5-10(12(15)8-11)9-16-17-14(19)13-4-3-7-20-13/h5-6,8-9,13H,3-4,7H2,1-2H3,(H,17,19)/b16-9-/t13-/m0/s1. The highest BCUT2D eigenvalue weighted by Crippen LogP contribution is 2.21. The first-order valence-electron chi connectivity index (χ1n) is 6.49. The van der Waals surface area contributed by atoms with E-state index >= 15 is 0 Å². The van der Waals surface area contributed by atoms with Gasteiger partial charge < -0.3 is 9.64 Å². The van der Waals surface area contributed by atoms with Gasteiger partial charge in [0.15, 0.2) is 0 Å². The first-order valence-corrected chi connectivity index (χ1v) is 6.87. The predicted molar refractivity (Wildman–Crippen MR) is 80.5 cm³/mol. The molecule has 108 valence electrons.